The number of nitrogens with zero attached hydrogens (tertiary/aromatic N) is 4. The van der Waals surface area contributed by atoms with E-state index in [1.807, 2.05) is 36.6 Å². The Balaban J connectivity index is 1.68. The van der Waals surface area contributed by atoms with E-state index in [2.05, 4.69) is 27.6 Å². The van der Waals surface area contributed by atoms with Gasteiger partial charge < -0.3 is 9.88 Å². The number of nitrogens with one attached hydrogen (secondary N) is 1. The molecule has 7 heteroatoms. The average molecular weight is 384 g/mol. The summed E-state index contributed by atoms with van der Waals surface area (Å²) in [6, 6.07) is 10.5. The van der Waals surface area contributed by atoms with Crippen molar-refractivity contribution in [2.24, 2.45) is 0 Å². The molecule has 1 fully saturated rings. The molecule has 3 rings (SSSR count). The van der Waals surface area contributed by atoms with Crippen molar-refractivity contribution < 1.29 is 4.79 Å². The van der Waals surface area contributed by atoms with E-state index in [1.54, 1.807) is 0 Å². The van der Waals surface area contributed by atoms with Gasteiger partial charge in [0.15, 0.2) is 11.0 Å². The minimum absolute atomic E-state index is 0.119. The number of aromatic nitrogens is 3. The molecule has 1 aromatic carbocycles. The maximum atomic E-state index is 12.4. The fourth-order valence-electron chi connectivity index (χ4n) is 3.53. The van der Waals surface area contributed by atoms with Crippen molar-refractivity contribution in [3.63, 3.8) is 0 Å². The molecule has 0 saturated heterocycles. The van der Waals surface area contributed by atoms with Crippen LogP contribution >= 0.6 is 11.8 Å². The van der Waals surface area contributed by atoms with Crippen LogP contribution < -0.4 is 5.32 Å². The van der Waals surface area contributed by atoms with Crippen LogP contribution in [0.5, 0.6) is 0 Å². The van der Waals surface area contributed by atoms with E-state index >= 15 is 0 Å². The summed E-state index contributed by atoms with van der Waals surface area (Å²) in [6.45, 7) is 4.81. The SMILES string of the molecule is CCn1c(SCC(=O)NC2(C#N)CCCCC2)nnc1-c1cccc(C)c1. The normalized spacial score (nSPS) is 15.9. The number of rotatable bonds is 6. The summed E-state index contributed by atoms with van der Waals surface area (Å²) in [5.74, 6) is 0.922. The highest BCUT2D eigenvalue weighted by atomic mass is 32.2. The number of nitriles is 1. The third kappa shape index (κ3) is 4.51. The largest absolute Gasteiger partial charge is 0.337 e. The molecule has 1 saturated carbocycles. The van der Waals surface area contributed by atoms with Crippen molar-refractivity contribution in [2.45, 2.75) is 63.2 Å². The van der Waals surface area contributed by atoms with Gasteiger partial charge in [0.05, 0.1) is 11.8 Å². The number of carbonyl (C=O) groups is 1. The van der Waals surface area contributed by atoms with Crippen molar-refractivity contribution in [2.75, 3.05) is 5.75 Å². The summed E-state index contributed by atoms with van der Waals surface area (Å²) in [5, 5.41) is 21.8. The lowest BCUT2D eigenvalue weighted by atomic mass is 9.83. The van der Waals surface area contributed by atoms with Crippen LogP contribution in [0.25, 0.3) is 11.4 Å². The lowest BCUT2D eigenvalue weighted by molar-refractivity contribution is -0.120. The first-order valence-corrected chi connectivity index (χ1v) is 10.4. The molecule has 2 aromatic rings. The van der Waals surface area contributed by atoms with Gasteiger partial charge in [-0.2, -0.15) is 5.26 Å². The molecule has 0 bridgehead atoms. The second kappa shape index (κ2) is 8.57. The number of carbonyl (C=O) groups excluding carboxylic acids is 1. The van der Waals surface area contributed by atoms with Crippen LogP contribution in [-0.2, 0) is 11.3 Å². The van der Waals surface area contributed by atoms with Crippen LogP contribution in [0, 0.1) is 18.3 Å². The predicted octanol–water partition coefficient (Wildman–Crippen LogP) is 3.71. The first kappa shape index (κ1) is 19.4. The molecule has 1 heterocycles. The third-order valence-electron chi connectivity index (χ3n) is 4.94. The predicted molar refractivity (Wildman–Crippen MR) is 106 cm³/mol. The van der Waals surface area contributed by atoms with Crippen LogP contribution in [0.15, 0.2) is 29.4 Å². The van der Waals surface area contributed by atoms with Gasteiger partial charge in [0, 0.05) is 12.1 Å². The lowest BCUT2D eigenvalue weighted by Crippen LogP contribution is -2.49. The van der Waals surface area contributed by atoms with Gasteiger partial charge in [0.1, 0.15) is 5.54 Å². The van der Waals surface area contributed by atoms with Gasteiger partial charge in [-0.15, -0.1) is 10.2 Å². The molecule has 0 aliphatic heterocycles. The highest BCUT2D eigenvalue weighted by Gasteiger charge is 2.33. The van der Waals surface area contributed by atoms with Crippen molar-refractivity contribution >= 4 is 17.7 Å². The van der Waals surface area contributed by atoms with Crippen LogP contribution in [-0.4, -0.2) is 32.0 Å². The summed E-state index contributed by atoms with van der Waals surface area (Å²) in [4.78, 5) is 12.4. The molecular weight excluding hydrogens is 358 g/mol. The fraction of sp³-hybridized carbons (Fsp3) is 0.500. The smallest absolute Gasteiger partial charge is 0.231 e. The van der Waals surface area contributed by atoms with Crippen molar-refractivity contribution in [3.05, 3.63) is 29.8 Å². The third-order valence-corrected chi connectivity index (χ3v) is 5.91. The Labute approximate surface area is 164 Å². The molecule has 1 N–H and O–H groups in total. The van der Waals surface area contributed by atoms with E-state index in [0.29, 0.717) is 0 Å². The van der Waals surface area contributed by atoms with E-state index in [0.717, 1.165) is 55.2 Å². The molecule has 6 nitrogen and oxygen atoms in total. The molecule has 0 radical (unpaired) electrons. The summed E-state index contributed by atoms with van der Waals surface area (Å²) >= 11 is 1.37. The topological polar surface area (TPSA) is 83.6 Å². The van der Waals surface area contributed by atoms with Gasteiger partial charge >= 0.3 is 0 Å². The zero-order chi connectivity index (χ0) is 19.3. The molecule has 1 aliphatic rings. The zero-order valence-corrected chi connectivity index (χ0v) is 16.7. The first-order valence-electron chi connectivity index (χ1n) is 9.42. The van der Waals surface area contributed by atoms with Gasteiger partial charge in [-0.1, -0.05) is 54.8 Å². The van der Waals surface area contributed by atoms with Crippen molar-refractivity contribution in [1.82, 2.24) is 20.1 Å². The summed E-state index contributed by atoms with van der Waals surface area (Å²) < 4.78 is 2.02. The molecule has 1 amide bonds. The van der Waals surface area contributed by atoms with Crippen LogP contribution in [0.1, 0.15) is 44.6 Å². The monoisotopic (exact) mass is 383 g/mol. The molecule has 0 atom stereocenters. The molecule has 1 aliphatic carbocycles. The Morgan fingerprint density at radius 1 is 1.33 bits per heavy atom. The van der Waals surface area contributed by atoms with Crippen LogP contribution in [0.3, 0.4) is 0 Å². The van der Waals surface area contributed by atoms with Crippen molar-refractivity contribution in [3.8, 4) is 17.5 Å². The maximum Gasteiger partial charge on any atom is 0.231 e. The second-order valence-corrected chi connectivity index (χ2v) is 7.95. The molecule has 1 aromatic heterocycles. The fourth-order valence-corrected chi connectivity index (χ4v) is 4.33. The van der Waals surface area contributed by atoms with E-state index in [9.17, 15) is 10.1 Å². The average Bonchev–Trinajstić information content (AvgIpc) is 3.10. The molecule has 142 valence electrons. The van der Waals surface area contributed by atoms with Gasteiger partial charge in [-0.3, -0.25) is 4.79 Å². The van der Waals surface area contributed by atoms with E-state index in [4.69, 9.17) is 0 Å². The number of amides is 1. The first-order chi connectivity index (χ1) is 13.1. The quantitative estimate of drug-likeness (QED) is 0.769. The van der Waals surface area contributed by atoms with Gasteiger partial charge in [0.2, 0.25) is 5.91 Å². The molecular formula is C20H25N5OS. The van der Waals surface area contributed by atoms with Crippen LogP contribution in [0.2, 0.25) is 0 Å². The van der Waals surface area contributed by atoms with E-state index in [-0.39, 0.29) is 11.7 Å². The number of hydrogen-bond donors (Lipinski definition) is 1. The molecule has 0 spiro atoms. The Morgan fingerprint density at radius 2 is 2.11 bits per heavy atom. The summed E-state index contributed by atoms with van der Waals surface area (Å²) in [7, 11) is 0. The minimum atomic E-state index is -0.693. The van der Waals surface area contributed by atoms with Crippen LogP contribution in [0.4, 0.5) is 0 Å². The number of hydrogen-bond acceptors (Lipinski definition) is 5. The standard InChI is InChI=1S/C20H25N5OS/c1-3-25-18(16-9-7-8-15(2)12-16)23-24-19(25)27-13-17(26)22-20(14-21)10-5-4-6-11-20/h7-9,12H,3-6,10-11,13H2,1-2H3,(H,22,26). The van der Waals surface area contributed by atoms with Gasteiger partial charge in [-0.25, -0.2) is 0 Å². The summed E-state index contributed by atoms with van der Waals surface area (Å²) in [6.07, 6.45) is 4.59. The Morgan fingerprint density at radius 3 is 2.78 bits per heavy atom. The minimum Gasteiger partial charge on any atom is -0.337 e. The van der Waals surface area contributed by atoms with E-state index in [1.165, 1.54) is 17.3 Å². The number of benzene rings is 1. The van der Waals surface area contributed by atoms with Crippen molar-refractivity contribution in [1.29, 1.82) is 5.26 Å². The zero-order valence-electron chi connectivity index (χ0n) is 15.9. The second-order valence-electron chi connectivity index (χ2n) is 7.01. The Hall–Kier alpha value is -2.33. The highest BCUT2D eigenvalue weighted by molar-refractivity contribution is 7.99. The van der Waals surface area contributed by atoms with E-state index < -0.39 is 5.54 Å². The molecule has 27 heavy (non-hydrogen) atoms. The Bertz CT molecular complexity index is 848. The highest BCUT2D eigenvalue weighted by Crippen LogP contribution is 2.28. The lowest BCUT2D eigenvalue weighted by Gasteiger charge is -2.31. The summed E-state index contributed by atoms with van der Waals surface area (Å²) in [5.41, 5.74) is 1.49. The van der Waals surface area contributed by atoms with Gasteiger partial charge in [0.25, 0.3) is 0 Å². The molecule has 0 unspecified atom stereocenters. The Kier molecular flexibility index (Phi) is 6.17. The number of aryl methyl sites for hydroxylation is 1. The maximum absolute atomic E-state index is 12.4. The number of thioether (sulfide) groups is 1. The van der Waals surface area contributed by atoms with Gasteiger partial charge in [-0.05, 0) is 32.8 Å².